The maximum Gasteiger partial charge on any atom is 0.336 e. The summed E-state index contributed by atoms with van der Waals surface area (Å²) in [6.45, 7) is 8.85. The molecule has 0 saturated carbocycles. The van der Waals surface area contributed by atoms with Gasteiger partial charge in [0.15, 0.2) is 5.78 Å². The lowest BCUT2D eigenvalue weighted by molar-refractivity contribution is -0.129. The Hall–Kier alpha value is -1.88. The Morgan fingerprint density at radius 1 is 1.25 bits per heavy atom. The Labute approximate surface area is 175 Å². The molecule has 0 spiro atoms. The SMILES string of the molecule is CC(C=CC1(O)C(C)=CC(=O)CC1(C)C)=CC(=O)Oc1ccc(Cl)c(C)c1Cl. The molecule has 0 aliphatic heterocycles. The van der Waals surface area contributed by atoms with Gasteiger partial charge in [-0.25, -0.2) is 4.79 Å². The number of benzene rings is 1. The van der Waals surface area contributed by atoms with Crippen molar-refractivity contribution in [1.29, 1.82) is 0 Å². The second-order valence-electron chi connectivity index (χ2n) is 7.75. The summed E-state index contributed by atoms with van der Waals surface area (Å²) in [5.41, 5.74) is -0.150. The van der Waals surface area contributed by atoms with E-state index in [4.69, 9.17) is 27.9 Å². The predicted molar refractivity (Wildman–Crippen MR) is 112 cm³/mol. The first-order chi connectivity index (χ1) is 12.9. The second kappa shape index (κ2) is 8.24. The van der Waals surface area contributed by atoms with Crippen LogP contribution in [0.25, 0.3) is 0 Å². The van der Waals surface area contributed by atoms with E-state index >= 15 is 0 Å². The molecule has 0 bridgehead atoms. The highest BCUT2D eigenvalue weighted by molar-refractivity contribution is 6.37. The van der Waals surface area contributed by atoms with Crippen molar-refractivity contribution in [3.8, 4) is 5.75 Å². The van der Waals surface area contributed by atoms with Crippen molar-refractivity contribution in [2.45, 2.75) is 46.6 Å². The molecule has 1 aromatic rings. The van der Waals surface area contributed by atoms with E-state index in [1.54, 1.807) is 39.0 Å². The van der Waals surface area contributed by atoms with E-state index in [1.807, 2.05) is 13.8 Å². The Bertz CT molecular complexity index is 909. The molecule has 150 valence electrons. The smallest absolute Gasteiger partial charge is 0.336 e. The molecule has 1 aliphatic rings. The van der Waals surface area contributed by atoms with Gasteiger partial charge in [-0.05, 0) is 61.8 Å². The third-order valence-electron chi connectivity index (χ3n) is 5.05. The molecule has 1 aliphatic carbocycles. The number of ether oxygens (including phenoxy) is 1. The van der Waals surface area contributed by atoms with Gasteiger partial charge in [0.1, 0.15) is 11.4 Å². The fourth-order valence-corrected chi connectivity index (χ4v) is 3.61. The minimum atomic E-state index is -1.28. The highest BCUT2D eigenvalue weighted by Gasteiger charge is 2.46. The fourth-order valence-electron chi connectivity index (χ4n) is 3.20. The van der Waals surface area contributed by atoms with Crippen molar-refractivity contribution < 1.29 is 19.4 Å². The lowest BCUT2D eigenvalue weighted by Crippen LogP contribution is -2.48. The molecule has 1 atom stereocenters. The summed E-state index contributed by atoms with van der Waals surface area (Å²) in [6, 6.07) is 3.14. The van der Waals surface area contributed by atoms with Crippen LogP contribution in [0.4, 0.5) is 0 Å². The molecule has 4 nitrogen and oxygen atoms in total. The first-order valence-corrected chi connectivity index (χ1v) is 9.61. The second-order valence-corrected chi connectivity index (χ2v) is 8.53. The van der Waals surface area contributed by atoms with Crippen LogP contribution < -0.4 is 4.74 Å². The van der Waals surface area contributed by atoms with Gasteiger partial charge in [0.25, 0.3) is 0 Å². The minimum absolute atomic E-state index is 0.00782. The molecule has 6 heteroatoms. The van der Waals surface area contributed by atoms with Crippen molar-refractivity contribution in [3.05, 3.63) is 63.2 Å². The van der Waals surface area contributed by atoms with E-state index in [2.05, 4.69) is 0 Å². The number of ketones is 1. The van der Waals surface area contributed by atoms with Crippen LogP contribution in [0.5, 0.6) is 5.75 Å². The van der Waals surface area contributed by atoms with E-state index in [-0.39, 0.29) is 23.0 Å². The van der Waals surface area contributed by atoms with Crippen molar-refractivity contribution in [3.63, 3.8) is 0 Å². The normalized spacial score (nSPS) is 22.4. The standard InChI is InChI=1S/C22H24Cl2O4/c1-13(8-9-22(27)14(2)11-16(25)12-21(22,4)5)10-19(26)28-18-7-6-17(23)15(3)20(18)24/h6-11,27H,12H2,1-5H3. The van der Waals surface area contributed by atoms with Crippen LogP contribution in [0.1, 0.15) is 39.7 Å². The van der Waals surface area contributed by atoms with Crippen molar-refractivity contribution in [2.24, 2.45) is 5.41 Å². The zero-order chi connectivity index (χ0) is 21.3. The Kier molecular flexibility index (Phi) is 6.59. The fraction of sp³-hybridized carbons (Fsp3) is 0.364. The number of allylic oxidation sites excluding steroid dienone is 3. The molecule has 0 heterocycles. The third kappa shape index (κ3) is 4.57. The van der Waals surface area contributed by atoms with Crippen LogP contribution in [0.15, 0.2) is 47.6 Å². The topological polar surface area (TPSA) is 63.6 Å². The van der Waals surface area contributed by atoms with Gasteiger partial charge < -0.3 is 9.84 Å². The average molecular weight is 423 g/mol. The molecule has 0 radical (unpaired) electrons. The van der Waals surface area contributed by atoms with Crippen molar-refractivity contribution in [1.82, 2.24) is 0 Å². The molecule has 2 rings (SSSR count). The Morgan fingerprint density at radius 3 is 2.50 bits per heavy atom. The van der Waals surface area contributed by atoms with Gasteiger partial charge in [-0.1, -0.05) is 43.1 Å². The van der Waals surface area contributed by atoms with Crippen LogP contribution in [-0.4, -0.2) is 22.5 Å². The van der Waals surface area contributed by atoms with Gasteiger partial charge in [0, 0.05) is 22.9 Å². The number of rotatable bonds is 4. The number of halogens is 2. The van der Waals surface area contributed by atoms with Crippen LogP contribution >= 0.6 is 23.2 Å². The first kappa shape index (κ1) is 22.4. The van der Waals surface area contributed by atoms with Crippen LogP contribution in [0.2, 0.25) is 10.0 Å². The van der Waals surface area contributed by atoms with Crippen LogP contribution in [-0.2, 0) is 9.59 Å². The maximum absolute atomic E-state index is 12.2. The molecule has 0 aromatic heterocycles. The Morgan fingerprint density at radius 2 is 1.89 bits per heavy atom. The zero-order valence-corrected chi connectivity index (χ0v) is 18.1. The van der Waals surface area contributed by atoms with Crippen LogP contribution in [0, 0.1) is 12.3 Å². The van der Waals surface area contributed by atoms with Gasteiger partial charge in [0.05, 0.1) is 5.02 Å². The summed E-state index contributed by atoms with van der Waals surface area (Å²) >= 11 is 12.1. The number of hydrogen-bond acceptors (Lipinski definition) is 4. The lowest BCUT2D eigenvalue weighted by atomic mass is 9.64. The quantitative estimate of drug-likeness (QED) is 0.305. The Balaban J connectivity index is 2.20. The van der Waals surface area contributed by atoms with Gasteiger partial charge in [0.2, 0.25) is 0 Å². The molecule has 1 unspecified atom stereocenters. The molecular formula is C22H24Cl2O4. The molecule has 0 fully saturated rings. The maximum atomic E-state index is 12.2. The van der Waals surface area contributed by atoms with Crippen molar-refractivity contribution >= 4 is 35.0 Å². The molecule has 1 aromatic carbocycles. The summed E-state index contributed by atoms with van der Waals surface area (Å²) in [7, 11) is 0. The summed E-state index contributed by atoms with van der Waals surface area (Å²) in [5, 5.41) is 11.9. The summed E-state index contributed by atoms with van der Waals surface area (Å²) in [6.07, 6.45) is 6.27. The van der Waals surface area contributed by atoms with Crippen LogP contribution in [0.3, 0.4) is 0 Å². The van der Waals surface area contributed by atoms with E-state index in [9.17, 15) is 14.7 Å². The molecule has 28 heavy (non-hydrogen) atoms. The summed E-state index contributed by atoms with van der Waals surface area (Å²) in [4.78, 5) is 24.0. The van der Waals surface area contributed by atoms with E-state index in [0.29, 0.717) is 21.7 Å². The van der Waals surface area contributed by atoms with Gasteiger partial charge in [-0.2, -0.15) is 0 Å². The molecule has 0 amide bonds. The number of esters is 1. The summed E-state index contributed by atoms with van der Waals surface area (Å²) in [5.74, 6) is -0.374. The predicted octanol–water partition coefficient (Wildman–Crippen LogP) is 5.39. The number of hydrogen-bond donors (Lipinski definition) is 1. The lowest BCUT2D eigenvalue weighted by Gasteiger charge is -2.43. The molecular weight excluding hydrogens is 399 g/mol. The van der Waals surface area contributed by atoms with E-state index < -0.39 is 17.0 Å². The first-order valence-electron chi connectivity index (χ1n) is 8.85. The monoisotopic (exact) mass is 422 g/mol. The van der Waals surface area contributed by atoms with Gasteiger partial charge in [-0.3, -0.25) is 4.79 Å². The van der Waals surface area contributed by atoms with E-state index in [0.717, 1.165) is 0 Å². The number of aliphatic hydroxyl groups is 1. The van der Waals surface area contributed by atoms with E-state index in [1.165, 1.54) is 18.2 Å². The van der Waals surface area contributed by atoms with Gasteiger partial charge in [-0.15, -0.1) is 0 Å². The highest BCUT2D eigenvalue weighted by Crippen LogP contribution is 2.44. The minimum Gasteiger partial charge on any atom is -0.422 e. The number of carbonyl (C=O) groups is 2. The largest absolute Gasteiger partial charge is 0.422 e. The molecule has 0 saturated heterocycles. The third-order valence-corrected chi connectivity index (χ3v) is 5.93. The zero-order valence-electron chi connectivity index (χ0n) is 16.6. The highest BCUT2D eigenvalue weighted by atomic mass is 35.5. The molecule has 1 N–H and O–H groups in total. The summed E-state index contributed by atoms with van der Waals surface area (Å²) < 4.78 is 5.29. The number of carbonyl (C=O) groups excluding carboxylic acids is 2. The van der Waals surface area contributed by atoms with Crippen molar-refractivity contribution in [2.75, 3.05) is 0 Å². The van der Waals surface area contributed by atoms with Gasteiger partial charge >= 0.3 is 5.97 Å². The average Bonchev–Trinajstić information content (AvgIpc) is 2.58.